The molecule has 1 atom stereocenters. The monoisotopic (exact) mass is 226 g/mol. The minimum Gasteiger partial charge on any atom is -0.396 e. The number of aliphatic hydroxyl groups is 1. The molecular weight excluding hydrogens is 216 g/mol. The predicted molar refractivity (Wildman–Crippen MR) is 52.3 cm³/mol. The first-order valence-electron chi connectivity index (χ1n) is 4.20. The van der Waals surface area contributed by atoms with Crippen molar-refractivity contribution in [3.63, 3.8) is 0 Å². The lowest BCUT2D eigenvalue weighted by atomic mass is 10.0. The third kappa shape index (κ3) is 1.29. The molecule has 1 N–H and O–H groups in total. The van der Waals surface area contributed by atoms with Gasteiger partial charge in [0.2, 0.25) is 0 Å². The summed E-state index contributed by atoms with van der Waals surface area (Å²) in [4.78, 5) is 0. The Labute approximate surface area is 80.5 Å². The summed E-state index contributed by atoms with van der Waals surface area (Å²) in [5.41, 5.74) is 2.73. The summed E-state index contributed by atoms with van der Waals surface area (Å²) in [6, 6.07) is 6.32. The van der Waals surface area contributed by atoms with Gasteiger partial charge in [0.1, 0.15) is 0 Å². The predicted octanol–water partition coefficient (Wildman–Crippen LogP) is 2.47. The van der Waals surface area contributed by atoms with Crippen molar-refractivity contribution < 1.29 is 5.11 Å². The number of hydrogen-bond acceptors (Lipinski definition) is 1. The molecule has 0 fully saturated rings. The van der Waals surface area contributed by atoms with E-state index in [1.165, 1.54) is 11.1 Å². The van der Waals surface area contributed by atoms with Gasteiger partial charge in [-0.3, -0.25) is 0 Å². The van der Waals surface area contributed by atoms with E-state index in [-0.39, 0.29) is 6.61 Å². The SMILES string of the molecule is OCC1CCc2cc(Br)ccc21. The van der Waals surface area contributed by atoms with Gasteiger partial charge in [0.05, 0.1) is 0 Å². The molecule has 12 heavy (non-hydrogen) atoms. The van der Waals surface area contributed by atoms with Crippen molar-refractivity contribution in [3.05, 3.63) is 33.8 Å². The van der Waals surface area contributed by atoms with Crippen LogP contribution in [0.5, 0.6) is 0 Å². The number of benzene rings is 1. The third-order valence-corrected chi connectivity index (χ3v) is 3.02. The molecule has 1 aromatic carbocycles. The van der Waals surface area contributed by atoms with Crippen molar-refractivity contribution in [2.45, 2.75) is 18.8 Å². The molecule has 1 unspecified atom stereocenters. The molecule has 1 aliphatic rings. The summed E-state index contributed by atoms with van der Waals surface area (Å²) in [6.07, 6.45) is 2.21. The van der Waals surface area contributed by atoms with Crippen LogP contribution in [0.2, 0.25) is 0 Å². The zero-order valence-corrected chi connectivity index (χ0v) is 8.34. The van der Waals surface area contributed by atoms with Crippen molar-refractivity contribution in [2.24, 2.45) is 0 Å². The summed E-state index contributed by atoms with van der Waals surface area (Å²) < 4.78 is 1.14. The highest BCUT2D eigenvalue weighted by molar-refractivity contribution is 9.10. The van der Waals surface area contributed by atoms with Crippen LogP contribution < -0.4 is 0 Å². The van der Waals surface area contributed by atoms with E-state index in [1.54, 1.807) is 0 Å². The van der Waals surface area contributed by atoms with E-state index >= 15 is 0 Å². The molecule has 2 heteroatoms. The van der Waals surface area contributed by atoms with Crippen molar-refractivity contribution >= 4 is 15.9 Å². The fourth-order valence-electron chi connectivity index (χ4n) is 1.86. The summed E-state index contributed by atoms with van der Waals surface area (Å²) in [7, 11) is 0. The second-order valence-corrected chi connectivity index (χ2v) is 4.18. The van der Waals surface area contributed by atoms with E-state index in [2.05, 4.69) is 28.1 Å². The Morgan fingerprint density at radius 2 is 2.33 bits per heavy atom. The number of aliphatic hydroxyl groups excluding tert-OH is 1. The molecule has 2 rings (SSSR count). The van der Waals surface area contributed by atoms with Gasteiger partial charge in [-0.2, -0.15) is 0 Å². The van der Waals surface area contributed by atoms with Gasteiger partial charge in [0.15, 0.2) is 0 Å². The Hall–Kier alpha value is -0.340. The molecule has 0 spiro atoms. The first kappa shape index (κ1) is 8.27. The number of halogens is 1. The maximum Gasteiger partial charge on any atom is 0.0499 e. The summed E-state index contributed by atoms with van der Waals surface area (Å²) in [5.74, 6) is 0.382. The average molecular weight is 227 g/mol. The average Bonchev–Trinajstić information content (AvgIpc) is 2.46. The van der Waals surface area contributed by atoms with Crippen LogP contribution in [0.4, 0.5) is 0 Å². The van der Waals surface area contributed by atoms with Gasteiger partial charge >= 0.3 is 0 Å². The van der Waals surface area contributed by atoms with E-state index < -0.39 is 0 Å². The molecule has 64 valence electrons. The lowest BCUT2D eigenvalue weighted by molar-refractivity contribution is 0.265. The van der Waals surface area contributed by atoms with Crippen molar-refractivity contribution in [2.75, 3.05) is 6.61 Å². The van der Waals surface area contributed by atoms with Gasteiger partial charge in [-0.25, -0.2) is 0 Å². The number of rotatable bonds is 1. The molecule has 0 aromatic heterocycles. The Morgan fingerprint density at radius 1 is 1.50 bits per heavy atom. The van der Waals surface area contributed by atoms with Crippen molar-refractivity contribution in [1.82, 2.24) is 0 Å². The molecular formula is C10H11BrO. The minimum atomic E-state index is 0.286. The molecule has 1 aromatic rings. The van der Waals surface area contributed by atoms with Crippen LogP contribution in [0.3, 0.4) is 0 Å². The molecule has 0 saturated carbocycles. The molecule has 1 aliphatic carbocycles. The Kier molecular flexibility index (Phi) is 2.20. The highest BCUT2D eigenvalue weighted by atomic mass is 79.9. The summed E-state index contributed by atoms with van der Waals surface area (Å²) >= 11 is 3.44. The first-order valence-corrected chi connectivity index (χ1v) is 4.99. The van der Waals surface area contributed by atoms with Crippen LogP contribution in [0.15, 0.2) is 22.7 Å². The molecule has 0 saturated heterocycles. The van der Waals surface area contributed by atoms with E-state index in [0.717, 1.165) is 17.3 Å². The van der Waals surface area contributed by atoms with Crippen LogP contribution in [-0.2, 0) is 6.42 Å². The van der Waals surface area contributed by atoms with Crippen LogP contribution in [0.25, 0.3) is 0 Å². The Bertz CT molecular complexity index is 296. The molecule has 1 nitrogen and oxygen atoms in total. The highest BCUT2D eigenvalue weighted by Crippen LogP contribution is 2.33. The number of hydrogen-bond donors (Lipinski definition) is 1. The Balaban J connectivity index is 2.40. The maximum absolute atomic E-state index is 9.07. The standard InChI is InChI=1S/C10H11BrO/c11-9-3-4-10-7(5-9)1-2-8(10)6-12/h3-5,8,12H,1-2,6H2. The van der Waals surface area contributed by atoms with Crippen LogP contribution in [-0.4, -0.2) is 11.7 Å². The molecule has 0 bridgehead atoms. The van der Waals surface area contributed by atoms with E-state index in [1.807, 2.05) is 6.07 Å². The quantitative estimate of drug-likeness (QED) is 0.781. The minimum absolute atomic E-state index is 0.286. The highest BCUT2D eigenvalue weighted by Gasteiger charge is 2.21. The zero-order chi connectivity index (χ0) is 8.55. The maximum atomic E-state index is 9.07. The van der Waals surface area contributed by atoms with Gasteiger partial charge in [-0.15, -0.1) is 0 Å². The lowest BCUT2D eigenvalue weighted by Gasteiger charge is -2.06. The van der Waals surface area contributed by atoms with E-state index in [4.69, 9.17) is 5.11 Å². The molecule has 0 aliphatic heterocycles. The second-order valence-electron chi connectivity index (χ2n) is 3.26. The molecule has 0 heterocycles. The summed E-state index contributed by atoms with van der Waals surface area (Å²) in [5, 5.41) is 9.07. The van der Waals surface area contributed by atoms with Gasteiger partial charge in [-0.1, -0.05) is 22.0 Å². The number of aryl methyl sites for hydroxylation is 1. The van der Waals surface area contributed by atoms with Gasteiger partial charge in [0.25, 0.3) is 0 Å². The van der Waals surface area contributed by atoms with Gasteiger partial charge < -0.3 is 5.11 Å². The lowest BCUT2D eigenvalue weighted by Crippen LogP contribution is -1.98. The van der Waals surface area contributed by atoms with Gasteiger partial charge in [0, 0.05) is 17.0 Å². The zero-order valence-electron chi connectivity index (χ0n) is 6.76. The van der Waals surface area contributed by atoms with E-state index in [0.29, 0.717) is 5.92 Å². The first-order chi connectivity index (χ1) is 5.81. The molecule has 0 amide bonds. The second kappa shape index (κ2) is 3.19. The fourth-order valence-corrected chi connectivity index (χ4v) is 2.27. The fraction of sp³-hybridized carbons (Fsp3) is 0.400. The Morgan fingerprint density at radius 3 is 3.08 bits per heavy atom. The van der Waals surface area contributed by atoms with Crippen molar-refractivity contribution in [1.29, 1.82) is 0 Å². The third-order valence-electron chi connectivity index (χ3n) is 2.53. The largest absolute Gasteiger partial charge is 0.396 e. The van der Waals surface area contributed by atoms with Crippen LogP contribution in [0, 0.1) is 0 Å². The van der Waals surface area contributed by atoms with Crippen molar-refractivity contribution in [3.8, 4) is 0 Å². The number of fused-ring (bicyclic) bond motifs is 1. The smallest absolute Gasteiger partial charge is 0.0499 e. The van der Waals surface area contributed by atoms with Gasteiger partial charge in [-0.05, 0) is 36.1 Å². The summed E-state index contributed by atoms with van der Waals surface area (Å²) in [6.45, 7) is 0.286. The van der Waals surface area contributed by atoms with E-state index in [9.17, 15) is 0 Å². The normalized spacial score (nSPS) is 21.0. The topological polar surface area (TPSA) is 20.2 Å². The van der Waals surface area contributed by atoms with Crippen LogP contribution >= 0.6 is 15.9 Å². The molecule has 0 radical (unpaired) electrons. The van der Waals surface area contributed by atoms with Crippen LogP contribution in [0.1, 0.15) is 23.5 Å².